The SMILES string of the molecule is O=C(Cc1ccccc1)N1CC2(CCC2)C1. The molecular formula is C14H17NO. The van der Waals surface area contributed by atoms with Gasteiger partial charge in [0.1, 0.15) is 0 Å². The zero-order chi connectivity index (χ0) is 11.0. The highest BCUT2D eigenvalue weighted by atomic mass is 16.2. The molecule has 1 spiro atoms. The van der Waals surface area contributed by atoms with Crippen LogP contribution in [0.15, 0.2) is 30.3 Å². The Bertz CT molecular complexity index is 386. The second-order valence-electron chi connectivity index (χ2n) is 5.27. The minimum absolute atomic E-state index is 0.295. The third-order valence-corrected chi connectivity index (χ3v) is 4.02. The minimum Gasteiger partial charge on any atom is -0.341 e. The molecule has 0 aromatic heterocycles. The van der Waals surface area contributed by atoms with Crippen molar-refractivity contribution in [3.05, 3.63) is 35.9 Å². The van der Waals surface area contributed by atoms with Crippen LogP contribution in [0.2, 0.25) is 0 Å². The molecule has 16 heavy (non-hydrogen) atoms. The fourth-order valence-electron chi connectivity index (χ4n) is 2.82. The number of amides is 1. The standard InChI is InChI=1S/C14H17NO/c16-13(9-12-5-2-1-3-6-12)15-10-14(11-15)7-4-8-14/h1-3,5-6H,4,7-11H2. The molecule has 3 rings (SSSR count). The molecule has 1 heterocycles. The van der Waals surface area contributed by atoms with Crippen molar-refractivity contribution in [1.29, 1.82) is 0 Å². The topological polar surface area (TPSA) is 20.3 Å². The number of benzene rings is 1. The molecule has 1 aromatic rings. The molecule has 2 aliphatic rings. The Labute approximate surface area is 96.3 Å². The third kappa shape index (κ3) is 1.62. The summed E-state index contributed by atoms with van der Waals surface area (Å²) in [5, 5.41) is 0. The fourth-order valence-corrected chi connectivity index (χ4v) is 2.82. The minimum atomic E-state index is 0.295. The summed E-state index contributed by atoms with van der Waals surface area (Å²) in [6.45, 7) is 2.03. The summed E-state index contributed by atoms with van der Waals surface area (Å²) < 4.78 is 0. The molecule has 2 fully saturated rings. The molecule has 1 aliphatic heterocycles. The van der Waals surface area contributed by atoms with E-state index >= 15 is 0 Å². The lowest BCUT2D eigenvalue weighted by atomic mass is 9.63. The van der Waals surface area contributed by atoms with Gasteiger partial charge in [0.2, 0.25) is 5.91 Å². The van der Waals surface area contributed by atoms with Crippen LogP contribution in [0.3, 0.4) is 0 Å². The first-order chi connectivity index (χ1) is 7.77. The van der Waals surface area contributed by atoms with Gasteiger partial charge in [0.25, 0.3) is 0 Å². The predicted molar refractivity (Wildman–Crippen MR) is 63.0 cm³/mol. The van der Waals surface area contributed by atoms with Crippen molar-refractivity contribution in [2.75, 3.05) is 13.1 Å². The first kappa shape index (κ1) is 9.88. The molecular weight excluding hydrogens is 198 g/mol. The van der Waals surface area contributed by atoms with Crippen molar-refractivity contribution in [1.82, 2.24) is 4.90 Å². The molecule has 2 heteroatoms. The van der Waals surface area contributed by atoms with Crippen LogP contribution in [-0.4, -0.2) is 23.9 Å². The van der Waals surface area contributed by atoms with Gasteiger partial charge in [-0.1, -0.05) is 36.8 Å². The highest BCUT2D eigenvalue weighted by Crippen LogP contribution is 2.48. The van der Waals surface area contributed by atoms with Crippen molar-refractivity contribution in [2.24, 2.45) is 5.41 Å². The lowest BCUT2D eigenvalue weighted by molar-refractivity contribution is -0.148. The van der Waals surface area contributed by atoms with Crippen LogP contribution >= 0.6 is 0 Å². The lowest BCUT2D eigenvalue weighted by Gasteiger charge is -2.56. The van der Waals surface area contributed by atoms with E-state index in [1.165, 1.54) is 19.3 Å². The second-order valence-corrected chi connectivity index (χ2v) is 5.27. The van der Waals surface area contributed by atoms with Gasteiger partial charge in [-0.3, -0.25) is 4.79 Å². The normalized spacial score (nSPS) is 21.4. The Morgan fingerprint density at radius 2 is 1.88 bits per heavy atom. The van der Waals surface area contributed by atoms with E-state index in [9.17, 15) is 4.79 Å². The first-order valence-electron chi connectivity index (χ1n) is 6.09. The van der Waals surface area contributed by atoms with E-state index in [1.807, 2.05) is 35.2 Å². The van der Waals surface area contributed by atoms with E-state index in [2.05, 4.69) is 0 Å². The predicted octanol–water partition coefficient (Wildman–Crippen LogP) is 2.24. The van der Waals surface area contributed by atoms with Crippen molar-refractivity contribution in [3.63, 3.8) is 0 Å². The molecule has 2 nitrogen and oxygen atoms in total. The molecule has 1 aliphatic carbocycles. The highest BCUT2D eigenvalue weighted by Gasteiger charge is 2.48. The number of hydrogen-bond acceptors (Lipinski definition) is 1. The van der Waals surface area contributed by atoms with Gasteiger partial charge < -0.3 is 4.90 Å². The summed E-state index contributed by atoms with van der Waals surface area (Å²) in [4.78, 5) is 14.0. The van der Waals surface area contributed by atoms with E-state index in [1.54, 1.807) is 0 Å². The van der Waals surface area contributed by atoms with Gasteiger partial charge in [0.05, 0.1) is 6.42 Å². The quantitative estimate of drug-likeness (QED) is 0.741. The van der Waals surface area contributed by atoms with Crippen molar-refractivity contribution in [2.45, 2.75) is 25.7 Å². The van der Waals surface area contributed by atoms with Gasteiger partial charge in [0.15, 0.2) is 0 Å². The van der Waals surface area contributed by atoms with Crippen LogP contribution in [0.25, 0.3) is 0 Å². The van der Waals surface area contributed by atoms with Crippen LogP contribution < -0.4 is 0 Å². The Kier molecular flexibility index (Phi) is 2.23. The van der Waals surface area contributed by atoms with E-state index in [-0.39, 0.29) is 0 Å². The highest BCUT2D eigenvalue weighted by molar-refractivity contribution is 5.79. The number of likely N-dealkylation sites (tertiary alicyclic amines) is 1. The van der Waals surface area contributed by atoms with E-state index in [0.29, 0.717) is 17.7 Å². The largest absolute Gasteiger partial charge is 0.341 e. The van der Waals surface area contributed by atoms with Gasteiger partial charge in [-0.05, 0) is 18.4 Å². The summed E-state index contributed by atoms with van der Waals surface area (Å²) in [6.07, 6.45) is 4.60. The van der Waals surface area contributed by atoms with Crippen molar-refractivity contribution in [3.8, 4) is 0 Å². The van der Waals surface area contributed by atoms with E-state index in [4.69, 9.17) is 0 Å². The maximum Gasteiger partial charge on any atom is 0.227 e. The first-order valence-corrected chi connectivity index (χ1v) is 6.09. The Morgan fingerprint density at radius 3 is 2.44 bits per heavy atom. The fraction of sp³-hybridized carbons (Fsp3) is 0.500. The maximum atomic E-state index is 11.9. The molecule has 0 radical (unpaired) electrons. The van der Waals surface area contributed by atoms with Crippen LogP contribution in [0.4, 0.5) is 0 Å². The van der Waals surface area contributed by atoms with Crippen LogP contribution in [0, 0.1) is 5.41 Å². The number of nitrogens with zero attached hydrogens (tertiary/aromatic N) is 1. The summed E-state index contributed by atoms with van der Waals surface area (Å²) in [5.41, 5.74) is 1.67. The Hall–Kier alpha value is -1.31. The van der Waals surface area contributed by atoms with E-state index in [0.717, 1.165) is 18.7 Å². The summed E-state index contributed by atoms with van der Waals surface area (Å²) in [7, 11) is 0. The average Bonchev–Trinajstić information content (AvgIpc) is 2.14. The smallest absolute Gasteiger partial charge is 0.227 e. The average molecular weight is 215 g/mol. The summed E-state index contributed by atoms with van der Waals surface area (Å²) in [6, 6.07) is 10.0. The molecule has 0 unspecified atom stereocenters. The zero-order valence-corrected chi connectivity index (χ0v) is 9.48. The van der Waals surface area contributed by atoms with Gasteiger partial charge in [-0.2, -0.15) is 0 Å². The molecule has 1 amide bonds. The van der Waals surface area contributed by atoms with Crippen LogP contribution in [0.1, 0.15) is 24.8 Å². The molecule has 0 atom stereocenters. The zero-order valence-electron chi connectivity index (χ0n) is 9.48. The molecule has 0 bridgehead atoms. The number of rotatable bonds is 2. The second kappa shape index (κ2) is 3.62. The van der Waals surface area contributed by atoms with Crippen LogP contribution in [0.5, 0.6) is 0 Å². The van der Waals surface area contributed by atoms with E-state index < -0.39 is 0 Å². The van der Waals surface area contributed by atoms with Crippen LogP contribution in [-0.2, 0) is 11.2 Å². The van der Waals surface area contributed by atoms with Gasteiger partial charge in [0, 0.05) is 18.5 Å². The summed E-state index contributed by atoms with van der Waals surface area (Å²) in [5.74, 6) is 0.295. The van der Waals surface area contributed by atoms with Gasteiger partial charge >= 0.3 is 0 Å². The third-order valence-electron chi connectivity index (χ3n) is 4.02. The van der Waals surface area contributed by atoms with Crippen molar-refractivity contribution < 1.29 is 4.79 Å². The Balaban J connectivity index is 1.55. The molecule has 84 valence electrons. The van der Waals surface area contributed by atoms with Gasteiger partial charge in [-0.25, -0.2) is 0 Å². The van der Waals surface area contributed by atoms with Gasteiger partial charge in [-0.15, -0.1) is 0 Å². The maximum absolute atomic E-state index is 11.9. The van der Waals surface area contributed by atoms with Crippen molar-refractivity contribution >= 4 is 5.91 Å². The molecule has 1 aromatic carbocycles. The Morgan fingerprint density at radius 1 is 1.19 bits per heavy atom. The number of carbonyl (C=O) groups is 1. The molecule has 1 saturated heterocycles. The lowest BCUT2D eigenvalue weighted by Crippen LogP contribution is -2.61. The monoisotopic (exact) mass is 215 g/mol. The summed E-state index contributed by atoms with van der Waals surface area (Å²) >= 11 is 0. The number of carbonyl (C=O) groups excluding carboxylic acids is 1. The number of hydrogen-bond donors (Lipinski definition) is 0. The molecule has 0 N–H and O–H groups in total. The molecule has 1 saturated carbocycles.